The molecule has 1 aromatic rings. The molecular weight excluding hydrogens is 256 g/mol. The van der Waals surface area contributed by atoms with Crippen LogP contribution in [0.25, 0.3) is 0 Å². The lowest BCUT2D eigenvalue weighted by molar-refractivity contribution is 0.0179. The molecule has 0 aromatic heterocycles. The van der Waals surface area contributed by atoms with E-state index in [0.29, 0.717) is 19.7 Å². The summed E-state index contributed by atoms with van der Waals surface area (Å²) in [5.74, 6) is 0. The molecule has 0 atom stereocenters. The number of nitrogens with zero attached hydrogens (tertiary/aromatic N) is 2. The van der Waals surface area contributed by atoms with Crippen LogP contribution in [0.1, 0.15) is 12.8 Å². The summed E-state index contributed by atoms with van der Waals surface area (Å²) in [6.45, 7) is 3.47. The Balaban J connectivity index is 1.81. The van der Waals surface area contributed by atoms with Crippen molar-refractivity contribution in [1.82, 2.24) is 4.90 Å². The molecule has 2 aliphatic rings. The summed E-state index contributed by atoms with van der Waals surface area (Å²) in [7, 11) is 0. The summed E-state index contributed by atoms with van der Waals surface area (Å²) in [6, 6.07) is 10.4. The van der Waals surface area contributed by atoms with E-state index in [2.05, 4.69) is 17.0 Å². The smallest absolute Gasteiger partial charge is 0.407 e. The van der Waals surface area contributed by atoms with Crippen molar-refractivity contribution in [3.63, 3.8) is 0 Å². The average Bonchev–Trinajstić information content (AvgIpc) is 2.49. The maximum atomic E-state index is 11.1. The molecule has 5 nitrogen and oxygen atoms in total. The highest BCUT2D eigenvalue weighted by Gasteiger charge is 2.43. The van der Waals surface area contributed by atoms with Crippen molar-refractivity contribution >= 4 is 11.8 Å². The van der Waals surface area contributed by atoms with E-state index in [1.165, 1.54) is 10.6 Å². The number of rotatable bonds is 1. The third kappa shape index (κ3) is 2.33. The van der Waals surface area contributed by atoms with Gasteiger partial charge in [-0.1, -0.05) is 18.2 Å². The van der Waals surface area contributed by atoms with Gasteiger partial charge in [0.1, 0.15) is 0 Å². The number of para-hydroxylation sites is 1. The lowest BCUT2D eigenvalue weighted by Crippen LogP contribution is -2.62. The predicted octanol–water partition coefficient (Wildman–Crippen LogP) is 2.04. The third-order valence-corrected chi connectivity index (χ3v) is 4.44. The number of anilines is 1. The lowest BCUT2D eigenvalue weighted by atomic mass is 9.85. The molecule has 1 amide bonds. The van der Waals surface area contributed by atoms with Crippen molar-refractivity contribution in [3.8, 4) is 0 Å². The molecule has 1 spiro atoms. The first-order valence-electron chi connectivity index (χ1n) is 7.10. The van der Waals surface area contributed by atoms with Gasteiger partial charge in [-0.05, 0) is 25.0 Å². The van der Waals surface area contributed by atoms with Gasteiger partial charge in [0.2, 0.25) is 0 Å². The summed E-state index contributed by atoms with van der Waals surface area (Å²) in [6.07, 6.45) is 0.838. The van der Waals surface area contributed by atoms with Crippen molar-refractivity contribution in [2.24, 2.45) is 0 Å². The highest BCUT2D eigenvalue weighted by Crippen LogP contribution is 2.35. The fourth-order valence-corrected chi connectivity index (χ4v) is 3.27. The van der Waals surface area contributed by atoms with Crippen molar-refractivity contribution in [3.05, 3.63) is 30.3 Å². The third-order valence-electron chi connectivity index (χ3n) is 4.44. The molecule has 108 valence electrons. The van der Waals surface area contributed by atoms with Gasteiger partial charge < -0.3 is 19.6 Å². The number of amides is 1. The molecule has 0 unspecified atom stereocenters. The van der Waals surface area contributed by atoms with Crippen LogP contribution in [0.4, 0.5) is 10.5 Å². The van der Waals surface area contributed by atoms with E-state index in [1.54, 1.807) is 0 Å². The first kappa shape index (κ1) is 13.2. The number of hydrogen-bond donors (Lipinski definition) is 1. The van der Waals surface area contributed by atoms with Gasteiger partial charge in [0.15, 0.2) is 0 Å². The molecular formula is C15H20N2O3. The molecule has 1 aromatic carbocycles. The van der Waals surface area contributed by atoms with Gasteiger partial charge in [-0.3, -0.25) is 0 Å². The molecule has 0 radical (unpaired) electrons. The van der Waals surface area contributed by atoms with Crippen molar-refractivity contribution < 1.29 is 14.6 Å². The molecule has 0 bridgehead atoms. The second-order valence-corrected chi connectivity index (χ2v) is 5.53. The number of carboxylic acid groups (broad SMARTS) is 1. The molecule has 5 heteroatoms. The SMILES string of the molecule is O=C(O)N1CCC2(CC1)COCCN2c1ccccc1. The van der Waals surface area contributed by atoms with Crippen molar-refractivity contribution in [2.75, 3.05) is 37.7 Å². The molecule has 2 fully saturated rings. The quantitative estimate of drug-likeness (QED) is 0.853. The molecule has 20 heavy (non-hydrogen) atoms. The van der Waals surface area contributed by atoms with E-state index in [1.807, 2.05) is 18.2 Å². The van der Waals surface area contributed by atoms with Crippen molar-refractivity contribution in [1.29, 1.82) is 0 Å². The first-order chi connectivity index (χ1) is 9.71. The van der Waals surface area contributed by atoms with Crippen LogP contribution in [0, 0.1) is 0 Å². The fraction of sp³-hybridized carbons (Fsp3) is 0.533. The van der Waals surface area contributed by atoms with Crippen LogP contribution in [0.2, 0.25) is 0 Å². The molecule has 0 saturated carbocycles. The van der Waals surface area contributed by atoms with Crippen LogP contribution in [0.15, 0.2) is 30.3 Å². The summed E-state index contributed by atoms with van der Waals surface area (Å²) in [5.41, 5.74) is 1.16. The Kier molecular flexibility index (Phi) is 3.53. The van der Waals surface area contributed by atoms with Gasteiger partial charge in [-0.2, -0.15) is 0 Å². The zero-order chi connectivity index (χ0) is 14.0. The van der Waals surface area contributed by atoms with E-state index in [0.717, 1.165) is 26.0 Å². The topological polar surface area (TPSA) is 53.0 Å². The number of likely N-dealkylation sites (tertiary alicyclic amines) is 1. The van der Waals surface area contributed by atoms with Crippen LogP contribution in [0.5, 0.6) is 0 Å². The van der Waals surface area contributed by atoms with Crippen LogP contribution >= 0.6 is 0 Å². The minimum atomic E-state index is -0.817. The fourth-order valence-electron chi connectivity index (χ4n) is 3.27. The maximum absolute atomic E-state index is 11.1. The number of piperidine rings is 1. The van der Waals surface area contributed by atoms with E-state index in [-0.39, 0.29) is 5.54 Å². The van der Waals surface area contributed by atoms with Gasteiger partial charge in [0, 0.05) is 25.3 Å². The standard InChI is InChI=1S/C15H20N2O3/c18-14(19)16-8-6-15(7-9-16)12-20-11-10-17(15)13-4-2-1-3-5-13/h1-5H,6-12H2,(H,18,19). The molecule has 2 saturated heterocycles. The minimum absolute atomic E-state index is 0.0500. The molecule has 0 aliphatic carbocycles. The van der Waals surface area contributed by atoms with Crippen molar-refractivity contribution in [2.45, 2.75) is 18.4 Å². The highest BCUT2D eigenvalue weighted by molar-refractivity contribution is 5.65. The minimum Gasteiger partial charge on any atom is -0.465 e. The highest BCUT2D eigenvalue weighted by atomic mass is 16.5. The monoisotopic (exact) mass is 276 g/mol. The van der Waals surface area contributed by atoms with Crippen LogP contribution < -0.4 is 4.90 Å². The van der Waals surface area contributed by atoms with Crippen LogP contribution in [-0.4, -0.2) is 54.5 Å². The largest absolute Gasteiger partial charge is 0.465 e. The van der Waals surface area contributed by atoms with E-state index < -0.39 is 6.09 Å². The Labute approximate surface area is 118 Å². The second-order valence-electron chi connectivity index (χ2n) is 5.53. The molecule has 2 heterocycles. The first-order valence-corrected chi connectivity index (χ1v) is 7.10. The summed E-state index contributed by atoms with van der Waals surface area (Å²) in [5, 5.41) is 9.09. The van der Waals surface area contributed by atoms with Gasteiger partial charge in [0.25, 0.3) is 0 Å². The van der Waals surface area contributed by atoms with Gasteiger partial charge in [-0.25, -0.2) is 4.79 Å². The average molecular weight is 276 g/mol. The van der Waals surface area contributed by atoms with Gasteiger partial charge >= 0.3 is 6.09 Å². The Morgan fingerprint density at radius 1 is 1.15 bits per heavy atom. The van der Waals surface area contributed by atoms with Gasteiger partial charge in [-0.15, -0.1) is 0 Å². The summed E-state index contributed by atoms with van der Waals surface area (Å²) >= 11 is 0. The number of morpholine rings is 1. The number of ether oxygens (including phenoxy) is 1. The lowest BCUT2D eigenvalue weighted by Gasteiger charge is -2.51. The maximum Gasteiger partial charge on any atom is 0.407 e. The molecule has 2 aliphatic heterocycles. The van der Waals surface area contributed by atoms with E-state index in [9.17, 15) is 4.79 Å². The van der Waals surface area contributed by atoms with E-state index >= 15 is 0 Å². The second kappa shape index (κ2) is 5.32. The zero-order valence-electron chi connectivity index (χ0n) is 11.5. The summed E-state index contributed by atoms with van der Waals surface area (Å²) < 4.78 is 5.70. The zero-order valence-corrected chi connectivity index (χ0v) is 11.5. The Bertz CT molecular complexity index is 469. The molecule has 3 rings (SSSR count). The Hall–Kier alpha value is -1.75. The Morgan fingerprint density at radius 3 is 2.50 bits per heavy atom. The summed E-state index contributed by atoms with van der Waals surface area (Å²) in [4.78, 5) is 15.0. The van der Waals surface area contributed by atoms with Crippen LogP contribution in [-0.2, 0) is 4.74 Å². The number of carbonyl (C=O) groups is 1. The normalized spacial score (nSPS) is 22.0. The number of benzene rings is 1. The van der Waals surface area contributed by atoms with Crippen LogP contribution in [0.3, 0.4) is 0 Å². The van der Waals surface area contributed by atoms with E-state index in [4.69, 9.17) is 9.84 Å². The number of hydrogen-bond acceptors (Lipinski definition) is 3. The predicted molar refractivity (Wildman–Crippen MR) is 76.2 cm³/mol. The Morgan fingerprint density at radius 2 is 1.85 bits per heavy atom. The molecule has 1 N–H and O–H groups in total. The van der Waals surface area contributed by atoms with Gasteiger partial charge in [0.05, 0.1) is 18.8 Å².